The number of benzene rings is 2. The fourth-order valence-electron chi connectivity index (χ4n) is 3.26. The third-order valence-electron chi connectivity index (χ3n) is 5.12. The molecule has 168 valence electrons. The van der Waals surface area contributed by atoms with E-state index < -0.39 is 5.82 Å². The smallest absolute Gasteiger partial charge is 0.230 e. The van der Waals surface area contributed by atoms with Crippen LogP contribution in [0.15, 0.2) is 48.7 Å². The van der Waals surface area contributed by atoms with E-state index in [1.54, 1.807) is 12.1 Å². The van der Waals surface area contributed by atoms with Crippen molar-refractivity contribution in [2.75, 3.05) is 32.2 Å². The molecule has 2 aromatic carbocycles. The number of carbonyl (C=O) groups is 1. The van der Waals surface area contributed by atoms with Gasteiger partial charge in [-0.1, -0.05) is 25.1 Å². The SMILES string of the molecule is COc1cc(Cn2ncc(NC(=O)Cc3ccc(OCC4(C)COC4)cc3)n2)ccc1F. The molecule has 9 heteroatoms. The van der Waals surface area contributed by atoms with Crippen LogP contribution in [-0.2, 0) is 22.5 Å². The highest BCUT2D eigenvalue weighted by molar-refractivity contribution is 5.91. The van der Waals surface area contributed by atoms with E-state index >= 15 is 0 Å². The first-order valence-electron chi connectivity index (χ1n) is 10.2. The summed E-state index contributed by atoms with van der Waals surface area (Å²) in [5, 5.41) is 11.1. The molecule has 1 aliphatic heterocycles. The number of anilines is 1. The molecule has 0 spiro atoms. The second-order valence-electron chi connectivity index (χ2n) is 8.19. The van der Waals surface area contributed by atoms with E-state index in [0.29, 0.717) is 32.2 Å². The van der Waals surface area contributed by atoms with Crippen LogP contribution in [-0.4, -0.2) is 47.8 Å². The topological polar surface area (TPSA) is 87.5 Å². The summed E-state index contributed by atoms with van der Waals surface area (Å²) >= 11 is 0. The molecule has 0 unspecified atom stereocenters. The minimum atomic E-state index is -0.431. The van der Waals surface area contributed by atoms with Gasteiger partial charge in [-0.25, -0.2) is 4.39 Å². The second kappa shape index (κ2) is 9.35. The molecule has 1 fully saturated rings. The number of methoxy groups -OCH3 is 1. The lowest BCUT2D eigenvalue weighted by molar-refractivity contribution is -0.120. The molecule has 1 aliphatic rings. The molecule has 8 nitrogen and oxygen atoms in total. The maximum atomic E-state index is 13.5. The largest absolute Gasteiger partial charge is 0.494 e. The van der Waals surface area contributed by atoms with E-state index in [-0.39, 0.29) is 23.5 Å². The van der Waals surface area contributed by atoms with Crippen LogP contribution in [0.5, 0.6) is 11.5 Å². The zero-order chi connectivity index (χ0) is 22.6. The molecule has 2 heterocycles. The Bertz CT molecular complexity index is 1080. The van der Waals surface area contributed by atoms with Gasteiger partial charge in [-0.05, 0) is 35.4 Å². The average Bonchev–Trinajstić information content (AvgIpc) is 3.19. The van der Waals surface area contributed by atoms with Crippen molar-refractivity contribution in [3.05, 3.63) is 65.6 Å². The zero-order valence-corrected chi connectivity index (χ0v) is 18.0. The van der Waals surface area contributed by atoms with Crippen molar-refractivity contribution >= 4 is 11.7 Å². The second-order valence-corrected chi connectivity index (χ2v) is 8.19. The lowest BCUT2D eigenvalue weighted by atomic mass is 9.90. The Morgan fingerprint density at radius 2 is 1.97 bits per heavy atom. The minimum absolute atomic E-state index is 0.0821. The summed E-state index contributed by atoms with van der Waals surface area (Å²) in [5.41, 5.74) is 1.72. The summed E-state index contributed by atoms with van der Waals surface area (Å²) in [6.07, 6.45) is 1.67. The molecular formula is C23H25FN4O4. The maximum Gasteiger partial charge on any atom is 0.230 e. The van der Waals surface area contributed by atoms with Gasteiger partial charge in [-0.3, -0.25) is 4.79 Å². The maximum absolute atomic E-state index is 13.5. The summed E-state index contributed by atoms with van der Waals surface area (Å²) in [6.45, 7) is 4.48. The van der Waals surface area contributed by atoms with Gasteiger partial charge < -0.3 is 19.5 Å². The van der Waals surface area contributed by atoms with Crippen molar-refractivity contribution in [2.45, 2.75) is 19.9 Å². The monoisotopic (exact) mass is 440 g/mol. The fourth-order valence-corrected chi connectivity index (χ4v) is 3.26. The summed E-state index contributed by atoms with van der Waals surface area (Å²) in [6, 6.07) is 12.0. The molecule has 4 rings (SSSR count). The number of nitrogens with one attached hydrogen (secondary N) is 1. The molecule has 1 aromatic heterocycles. The summed E-state index contributed by atoms with van der Waals surface area (Å²) in [4.78, 5) is 13.8. The van der Waals surface area contributed by atoms with Crippen LogP contribution in [0.3, 0.4) is 0 Å². The van der Waals surface area contributed by atoms with Crippen molar-refractivity contribution in [3.8, 4) is 11.5 Å². The number of aromatic nitrogens is 3. The molecule has 0 radical (unpaired) electrons. The number of rotatable bonds is 9. The number of halogens is 1. The third-order valence-corrected chi connectivity index (χ3v) is 5.12. The van der Waals surface area contributed by atoms with Crippen molar-refractivity contribution in [1.29, 1.82) is 0 Å². The molecule has 0 saturated carbocycles. The summed E-state index contributed by atoms with van der Waals surface area (Å²) in [7, 11) is 1.41. The first-order chi connectivity index (χ1) is 15.4. The molecule has 0 aliphatic carbocycles. The molecular weight excluding hydrogens is 415 g/mol. The van der Waals surface area contributed by atoms with Crippen molar-refractivity contribution in [2.24, 2.45) is 5.41 Å². The van der Waals surface area contributed by atoms with Gasteiger partial charge in [0.1, 0.15) is 5.75 Å². The van der Waals surface area contributed by atoms with Gasteiger partial charge in [-0.15, -0.1) is 5.10 Å². The number of ether oxygens (including phenoxy) is 3. The first-order valence-corrected chi connectivity index (χ1v) is 10.2. The van der Waals surface area contributed by atoms with Crippen LogP contribution in [0.2, 0.25) is 0 Å². The van der Waals surface area contributed by atoms with Gasteiger partial charge in [0.05, 0.1) is 46.1 Å². The van der Waals surface area contributed by atoms with Gasteiger partial charge in [0.15, 0.2) is 17.4 Å². The van der Waals surface area contributed by atoms with Crippen LogP contribution in [0, 0.1) is 11.2 Å². The van der Waals surface area contributed by atoms with Gasteiger partial charge in [-0.2, -0.15) is 9.90 Å². The molecule has 1 N–H and O–H groups in total. The Morgan fingerprint density at radius 3 is 2.66 bits per heavy atom. The molecule has 0 bridgehead atoms. The minimum Gasteiger partial charge on any atom is -0.494 e. The Labute approximate surface area is 185 Å². The van der Waals surface area contributed by atoms with Crippen molar-refractivity contribution in [3.63, 3.8) is 0 Å². The standard InChI is InChI=1S/C23H25FN4O4/c1-23(13-31-14-23)15-32-18-6-3-16(4-7-18)10-22(29)26-21-11-25-28(27-21)12-17-5-8-19(24)20(9-17)30-2/h3-9,11H,10,12-15H2,1-2H3,(H,26,27,29). The highest BCUT2D eigenvalue weighted by atomic mass is 19.1. The van der Waals surface area contributed by atoms with E-state index in [0.717, 1.165) is 16.9 Å². The van der Waals surface area contributed by atoms with E-state index in [2.05, 4.69) is 22.4 Å². The Hall–Kier alpha value is -3.46. The van der Waals surface area contributed by atoms with E-state index in [4.69, 9.17) is 14.2 Å². The van der Waals surface area contributed by atoms with E-state index in [1.165, 1.54) is 24.2 Å². The van der Waals surface area contributed by atoms with E-state index in [1.807, 2.05) is 24.3 Å². The highest BCUT2D eigenvalue weighted by Gasteiger charge is 2.34. The van der Waals surface area contributed by atoms with Crippen LogP contribution in [0.4, 0.5) is 10.2 Å². The highest BCUT2D eigenvalue weighted by Crippen LogP contribution is 2.27. The lowest BCUT2D eigenvalue weighted by Gasteiger charge is -2.37. The Balaban J connectivity index is 1.27. The normalized spacial score (nSPS) is 14.5. The predicted octanol–water partition coefficient (Wildman–Crippen LogP) is 3.07. The molecule has 32 heavy (non-hydrogen) atoms. The van der Waals surface area contributed by atoms with Gasteiger partial charge in [0, 0.05) is 5.41 Å². The number of hydrogen-bond acceptors (Lipinski definition) is 6. The summed E-state index contributed by atoms with van der Waals surface area (Å²) in [5.74, 6) is 0.640. The number of hydrogen-bond donors (Lipinski definition) is 1. The lowest BCUT2D eigenvalue weighted by Crippen LogP contribution is -2.44. The Kier molecular flexibility index (Phi) is 6.36. The van der Waals surface area contributed by atoms with Crippen LogP contribution in [0.25, 0.3) is 0 Å². The third kappa shape index (κ3) is 5.42. The van der Waals surface area contributed by atoms with Crippen molar-refractivity contribution in [1.82, 2.24) is 15.0 Å². The van der Waals surface area contributed by atoms with Crippen LogP contribution >= 0.6 is 0 Å². The quantitative estimate of drug-likeness (QED) is 0.550. The zero-order valence-electron chi connectivity index (χ0n) is 18.0. The van der Waals surface area contributed by atoms with Crippen LogP contribution in [0.1, 0.15) is 18.1 Å². The van der Waals surface area contributed by atoms with Gasteiger partial charge in [0.25, 0.3) is 0 Å². The fraction of sp³-hybridized carbons (Fsp3) is 0.348. The predicted molar refractivity (Wildman–Crippen MR) is 115 cm³/mol. The number of nitrogens with zero attached hydrogens (tertiary/aromatic N) is 3. The molecule has 0 atom stereocenters. The Morgan fingerprint density at radius 1 is 1.22 bits per heavy atom. The first kappa shape index (κ1) is 21.8. The average molecular weight is 440 g/mol. The molecule has 3 aromatic rings. The summed E-state index contributed by atoms with van der Waals surface area (Å²) < 4.78 is 29.6. The molecule has 1 saturated heterocycles. The van der Waals surface area contributed by atoms with Crippen LogP contribution < -0.4 is 14.8 Å². The molecule has 1 amide bonds. The van der Waals surface area contributed by atoms with Crippen molar-refractivity contribution < 1.29 is 23.4 Å². The number of carbonyl (C=O) groups excluding carboxylic acids is 1. The van der Waals surface area contributed by atoms with E-state index in [9.17, 15) is 9.18 Å². The van der Waals surface area contributed by atoms with Gasteiger partial charge in [0.2, 0.25) is 5.91 Å². The number of amides is 1. The van der Waals surface area contributed by atoms with Gasteiger partial charge >= 0.3 is 0 Å².